The van der Waals surface area contributed by atoms with Gasteiger partial charge in [-0.25, -0.2) is 0 Å². The Morgan fingerprint density at radius 3 is 2.53 bits per heavy atom. The van der Waals surface area contributed by atoms with Crippen LogP contribution in [-0.2, 0) is 17.8 Å². The minimum atomic E-state index is -0.0996. The van der Waals surface area contributed by atoms with Crippen LogP contribution in [0.15, 0.2) is 48.5 Å². The van der Waals surface area contributed by atoms with E-state index in [0.29, 0.717) is 17.1 Å². The van der Waals surface area contributed by atoms with Gasteiger partial charge >= 0.3 is 0 Å². The third kappa shape index (κ3) is 4.09. The van der Waals surface area contributed by atoms with Gasteiger partial charge in [0, 0.05) is 10.7 Å². The van der Waals surface area contributed by atoms with E-state index in [1.165, 1.54) is 0 Å². The summed E-state index contributed by atoms with van der Waals surface area (Å²) in [6.45, 7) is -0.0408. The summed E-state index contributed by atoms with van der Waals surface area (Å²) < 4.78 is 0. The van der Waals surface area contributed by atoms with E-state index in [2.05, 4.69) is 5.32 Å². The molecule has 0 atom stereocenters. The zero-order valence-corrected chi connectivity index (χ0v) is 11.0. The summed E-state index contributed by atoms with van der Waals surface area (Å²) in [5.74, 6) is -0.0996. The molecule has 0 fully saturated rings. The average Bonchev–Trinajstić information content (AvgIpc) is 2.41. The first-order valence-electron chi connectivity index (χ1n) is 5.91. The molecule has 0 unspecified atom stereocenters. The smallest absolute Gasteiger partial charge is 0.228 e. The molecule has 0 bridgehead atoms. The molecule has 2 aromatic carbocycles. The topological polar surface area (TPSA) is 49.3 Å². The van der Waals surface area contributed by atoms with Gasteiger partial charge in [0.05, 0.1) is 13.0 Å². The van der Waals surface area contributed by atoms with Gasteiger partial charge in [0.15, 0.2) is 0 Å². The Labute approximate surface area is 116 Å². The fourth-order valence-electron chi connectivity index (χ4n) is 1.74. The molecule has 2 N–H and O–H groups in total. The van der Waals surface area contributed by atoms with Crippen LogP contribution in [0.25, 0.3) is 0 Å². The molecule has 0 aliphatic rings. The molecule has 0 aliphatic heterocycles. The van der Waals surface area contributed by atoms with Gasteiger partial charge in [-0.2, -0.15) is 0 Å². The van der Waals surface area contributed by atoms with Crippen molar-refractivity contribution in [3.05, 3.63) is 64.7 Å². The van der Waals surface area contributed by atoms with E-state index >= 15 is 0 Å². The predicted octanol–water partition coefficient (Wildman–Crippen LogP) is 3.01. The number of nitrogens with one attached hydrogen (secondary N) is 1. The van der Waals surface area contributed by atoms with Crippen molar-refractivity contribution in [2.75, 3.05) is 5.32 Å². The van der Waals surface area contributed by atoms with E-state index in [9.17, 15) is 4.79 Å². The lowest BCUT2D eigenvalue weighted by atomic mass is 10.1. The van der Waals surface area contributed by atoms with Gasteiger partial charge < -0.3 is 10.4 Å². The van der Waals surface area contributed by atoms with Gasteiger partial charge in [-0.05, 0) is 35.4 Å². The number of hydrogen-bond donors (Lipinski definition) is 2. The molecule has 2 aromatic rings. The standard InChI is InChI=1S/C15H14ClNO2/c16-13-6-4-11(5-7-13)9-15(19)17-14-3-1-2-12(8-14)10-18/h1-8,18H,9-10H2,(H,17,19). The van der Waals surface area contributed by atoms with Crippen LogP contribution in [-0.4, -0.2) is 11.0 Å². The molecule has 0 aliphatic carbocycles. The van der Waals surface area contributed by atoms with Crippen molar-refractivity contribution in [3.63, 3.8) is 0 Å². The molecule has 19 heavy (non-hydrogen) atoms. The lowest BCUT2D eigenvalue weighted by molar-refractivity contribution is -0.115. The summed E-state index contributed by atoms with van der Waals surface area (Å²) in [7, 11) is 0. The second-order valence-electron chi connectivity index (χ2n) is 4.21. The van der Waals surface area contributed by atoms with Crippen LogP contribution < -0.4 is 5.32 Å². The van der Waals surface area contributed by atoms with Crippen molar-refractivity contribution in [3.8, 4) is 0 Å². The number of halogens is 1. The van der Waals surface area contributed by atoms with Crippen molar-refractivity contribution in [2.24, 2.45) is 0 Å². The summed E-state index contributed by atoms with van der Waals surface area (Å²) in [5.41, 5.74) is 2.36. The Morgan fingerprint density at radius 1 is 1.11 bits per heavy atom. The van der Waals surface area contributed by atoms with E-state index in [1.807, 2.05) is 12.1 Å². The first kappa shape index (κ1) is 13.6. The quantitative estimate of drug-likeness (QED) is 0.901. The van der Waals surface area contributed by atoms with Gasteiger partial charge in [-0.3, -0.25) is 4.79 Å². The van der Waals surface area contributed by atoms with Gasteiger partial charge in [0.25, 0.3) is 0 Å². The summed E-state index contributed by atoms with van der Waals surface area (Å²) in [6, 6.07) is 14.3. The number of amides is 1. The highest BCUT2D eigenvalue weighted by atomic mass is 35.5. The number of aliphatic hydroxyl groups excluding tert-OH is 1. The van der Waals surface area contributed by atoms with Crippen LogP contribution in [0.5, 0.6) is 0 Å². The first-order valence-corrected chi connectivity index (χ1v) is 6.29. The van der Waals surface area contributed by atoms with Crippen LogP contribution in [0.4, 0.5) is 5.69 Å². The highest BCUT2D eigenvalue weighted by Crippen LogP contribution is 2.13. The van der Waals surface area contributed by atoms with E-state index in [-0.39, 0.29) is 12.5 Å². The summed E-state index contributed by atoms with van der Waals surface area (Å²) in [6.07, 6.45) is 0.292. The Hall–Kier alpha value is -1.84. The zero-order chi connectivity index (χ0) is 13.7. The minimum absolute atomic E-state index is 0.0408. The average molecular weight is 276 g/mol. The molecule has 0 spiro atoms. The predicted molar refractivity (Wildman–Crippen MR) is 76.2 cm³/mol. The van der Waals surface area contributed by atoms with Crippen molar-refractivity contribution < 1.29 is 9.90 Å². The molecular weight excluding hydrogens is 262 g/mol. The number of carbonyl (C=O) groups is 1. The first-order chi connectivity index (χ1) is 9.17. The third-order valence-corrected chi connectivity index (χ3v) is 2.92. The van der Waals surface area contributed by atoms with E-state index in [0.717, 1.165) is 11.1 Å². The lowest BCUT2D eigenvalue weighted by Crippen LogP contribution is -2.14. The van der Waals surface area contributed by atoms with E-state index < -0.39 is 0 Å². The van der Waals surface area contributed by atoms with Gasteiger partial charge in [-0.1, -0.05) is 35.9 Å². The molecule has 2 rings (SSSR count). The molecular formula is C15H14ClNO2. The van der Waals surface area contributed by atoms with Crippen molar-refractivity contribution >= 4 is 23.2 Å². The van der Waals surface area contributed by atoms with Gasteiger partial charge in [0.1, 0.15) is 0 Å². The van der Waals surface area contributed by atoms with Gasteiger partial charge in [-0.15, -0.1) is 0 Å². The lowest BCUT2D eigenvalue weighted by Gasteiger charge is -2.06. The zero-order valence-electron chi connectivity index (χ0n) is 10.3. The van der Waals surface area contributed by atoms with Crippen molar-refractivity contribution in [1.82, 2.24) is 0 Å². The molecule has 0 aromatic heterocycles. The van der Waals surface area contributed by atoms with Crippen LogP contribution in [0.1, 0.15) is 11.1 Å². The fraction of sp³-hybridized carbons (Fsp3) is 0.133. The summed E-state index contributed by atoms with van der Waals surface area (Å²) in [4.78, 5) is 11.9. The maximum atomic E-state index is 11.9. The third-order valence-electron chi connectivity index (χ3n) is 2.67. The molecule has 0 heterocycles. The SMILES string of the molecule is O=C(Cc1ccc(Cl)cc1)Nc1cccc(CO)c1. The van der Waals surface area contributed by atoms with E-state index in [4.69, 9.17) is 16.7 Å². The number of hydrogen-bond acceptors (Lipinski definition) is 2. The maximum Gasteiger partial charge on any atom is 0.228 e. The normalized spacial score (nSPS) is 10.2. The maximum absolute atomic E-state index is 11.9. The van der Waals surface area contributed by atoms with Crippen molar-refractivity contribution in [1.29, 1.82) is 0 Å². The summed E-state index contributed by atoms with van der Waals surface area (Å²) >= 11 is 5.79. The molecule has 0 radical (unpaired) electrons. The fourth-order valence-corrected chi connectivity index (χ4v) is 1.87. The van der Waals surface area contributed by atoms with Crippen LogP contribution >= 0.6 is 11.6 Å². The van der Waals surface area contributed by atoms with Crippen LogP contribution in [0.3, 0.4) is 0 Å². The number of benzene rings is 2. The number of aliphatic hydroxyl groups is 1. The monoisotopic (exact) mass is 275 g/mol. The number of rotatable bonds is 4. The highest BCUT2D eigenvalue weighted by Gasteiger charge is 2.04. The van der Waals surface area contributed by atoms with Crippen LogP contribution in [0.2, 0.25) is 5.02 Å². The molecule has 0 saturated carbocycles. The van der Waals surface area contributed by atoms with Crippen molar-refractivity contribution in [2.45, 2.75) is 13.0 Å². The molecule has 4 heteroatoms. The highest BCUT2D eigenvalue weighted by molar-refractivity contribution is 6.30. The second kappa shape index (κ2) is 6.36. The molecule has 98 valence electrons. The molecule has 3 nitrogen and oxygen atoms in total. The second-order valence-corrected chi connectivity index (χ2v) is 4.65. The van der Waals surface area contributed by atoms with Crippen LogP contribution in [0, 0.1) is 0 Å². The largest absolute Gasteiger partial charge is 0.392 e. The number of anilines is 1. The minimum Gasteiger partial charge on any atom is -0.392 e. The molecule has 1 amide bonds. The van der Waals surface area contributed by atoms with Gasteiger partial charge in [0.2, 0.25) is 5.91 Å². The number of carbonyl (C=O) groups excluding carboxylic acids is 1. The Balaban J connectivity index is 1.99. The van der Waals surface area contributed by atoms with E-state index in [1.54, 1.807) is 36.4 Å². The summed E-state index contributed by atoms with van der Waals surface area (Å²) in [5, 5.41) is 12.5. The Morgan fingerprint density at radius 2 is 1.84 bits per heavy atom. The Bertz CT molecular complexity index is 567. The molecule has 0 saturated heterocycles. The Kier molecular flexibility index (Phi) is 4.55.